The highest BCUT2D eigenvalue weighted by molar-refractivity contribution is 6.13. The van der Waals surface area contributed by atoms with Crippen LogP contribution < -0.4 is 4.74 Å². The summed E-state index contributed by atoms with van der Waals surface area (Å²) in [6.07, 6.45) is 0. The molecular weight excluding hydrogens is 314 g/mol. The van der Waals surface area contributed by atoms with E-state index in [2.05, 4.69) is 4.98 Å². The van der Waals surface area contributed by atoms with Crippen LogP contribution >= 0.6 is 0 Å². The van der Waals surface area contributed by atoms with Crippen molar-refractivity contribution in [3.8, 4) is 5.75 Å². The van der Waals surface area contributed by atoms with Gasteiger partial charge in [0.05, 0.1) is 16.6 Å². The van der Waals surface area contributed by atoms with Gasteiger partial charge in [-0.3, -0.25) is 0 Å². The molecular formula is C21H15NO3. The Bertz CT molecular complexity index is 1070. The fourth-order valence-electron chi connectivity index (χ4n) is 2.93. The molecule has 4 heteroatoms. The van der Waals surface area contributed by atoms with Crippen LogP contribution in [0.5, 0.6) is 5.75 Å². The second kappa shape index (κ2) is 6.24. The van der Waals surface area contributed by atoms with Gasteiger partial charge in [0.2, 0.25) is 0 Å². The third-order valence-corrected chi connectivity index (χ3v) is 4.11. The second-order valence-electron chi connectivity index (χ2n) is 5.76. The molecule has 1 heterocycles. The fraction of sp³-hybridized carbons (Fsp3) is 0.0476. The lowest BCUT2D eigenvalue weighted by Crippen LogP contribution is -2.01. The standard InChI is InChI=1S/C21H15NO3/c23-21(24)20-16-8-4-5-9-18(16)22-19-11-10-15(12-17(19)20)25-13-14-6-2-1-3-7-14/h1-12H,13H2,(H,23,24). The Morgan fingerprint density at radius 2 is 1.60 bits per heavy atom. The third kappa shape index (κ3) is 2.90. The van der Waals surface area contributed by atoms with Gasteiger partial charge in [0.15, 0.2) is 0 Å². The van der Waals surface area contributed by atoms with Gasteiger partial charge < -0.3 is 9.84 Å². The average Bonchev–Trinajstić information content (AvgIpc) is 2.65. The highest BCUT2D eigenvalue weighted by Crippen LogP contribution is 2.29. The van der Waals surface area contributed by atoms with Crippen LogP contribution in [-0.4, -0.2) is 16.1 Å². The maximum atomic E-state index is 11.9. The lowest BCUT2D eigenvalue weighted by atomic mass is 10.0. The molecule has 0 bridgehead atoms. The molecule has 0 unspecified atom stereocenters. The minimum absolute atomic E-state index is 0.255. The van der Waals surface area contributed by atoms with Gasteiger partial charge in [-0.15, -0.1) is 0 Å². The van der Waals surface area contributed by atoms with Crippen LogP contribution in [0.4, 0.5) is 0 Å². The zero-order valence-corrected chi connectivity index (χ0v) is 13.3. The van der Waals surface area contributed by atoms with Gasteiger partial charge in [-0.2, -0.15) is 0 Å². The van der Waals surface area contributed by atoms with Crippen molar-refractivity contribution in [1.29, 1.82) is 0 Å². The van der Waals surface area contributed by atoms with E-state index in [-0.39, 0.29) is 5.56 Å². The van der Waals surface area contributed by atoms with E-state index in [1.54, 1.807) is 18.2 Å². The summed E-state index contributed by atoms with van der Waals surface area (Å²) < 4.78 is 5.83. The molecule has 0 atom stereocenters. The molecule has 0 saturated heterocycles. The number of rotatable bonds is 4. The van der Waals surface area contributed by atoms with E-state index in [0.717, 1.165) is 5.56 Å². The van der Waals surface area contributed by atoms with E-state index in [1.807, 2.05) is 54.6 Å². The van der Waals surface area contributed by atoms with E-state index in [4.69, 9.17) is 4.74 Å². The normalized spacial score (nSPS) is 10.9. The number of benzene rings is 3. The highest BCUT2D eigenvalue weighted by atomic mass is 16.5. The van der Waals surface area contributed by atoms with Gasteiger partial charge in [0, 0.05) is 10.8 Å². The number of hydrogen-bond acceptors (Lipinski definition) is 3. The maximum absolute atomic E-state index is 11.9. The van der Waals surface area contributed by atoms with Gasteiger partial charge in [0.1, 0.15) is 12.4 Å². The number of carboxylic acid groups (broad SMARTS) is 1. The van der Waals surface area contributed by atoms with Crippen molar-refractivity contribution in [2.24, 2.45) is 0 Å². The molecule has 4 aromatic rings. The van der Waals surface area contributed by atoms with Crippen molar-refractivity contribution in [3.63, 3.8) is 0 Å². The number of fused-ring (bicyclic) bond motifs is 2. The van der Waals surface area contributed by atoms with Crippen LogP contribution in [0.1, 0.15) is 15.9 Å². The first kappa shape index (κ1) is 15.1. The summed E-state index contributed by atoms with van der Waals surface area (Å²) in [6.45, 7) is 0.426. The van der Waals surface area contributed by atoms with Gasteiger partial charge in [-0.25, -0.2) is 9.78 Å². The number of ether oxygens (including phenoxy) is 1. The van der Waals surface area contributed by atoms with Crippen LogP contribution in [0.15, 0.2) is 72.8 Å². The Kier molecular flexibility index (Phi) is 3.78. The molecule has 0 spiro atoms. The summed E-state index contributed by atoms with van der Waals surface area (Å²) >= 11 is 0. The molecule has 0 aliphatic heterocycles. The van der Waals surface area contributed by atoms with Gasteiger partial charge >= 0.3 is 5.97 Å². The number of aromatic nitrogens is 1. The predicted molar refractivity (Wildman–Crippen MR) is 97.0 cm³/mol. The first-order valence-corrected chi connectivity index (χ1v) is 7.95. The summed E-state index contributed by atoms with van der Waals surface area (Å²) in [4.78, 5) is 16.4. The number of pyridine rings is 1. The molecule has 1 N–H and O–H groups in total. The van der Waals surface area contributed by atoms with Crippen LogP contribution in [0.25, 0.3) is 21.8 Å². The van der Waals surface area contributed by atoms with E-state index in [9.17, 15) is 9.90 Å². The van der Waals surface area contributed by atoms with Crippen molar-refractivity contribution in [3.05, 3.63) is 83.9 Å². The summed E-state index contributed by atoms with van der Waals surface area (Å²) in [5.74, 6) is -0.347. The average molecular weight is 329 g/mol. The molecule has 0 fully saturated rings. The molecule has 0 aliphatic carbocycles. The minimum Gasteiger partial charge on any atom is -0.489 e. The Balaban J connectivity index is 1.80. The van der Waals surface area contributed by atoms with E-state index in [1.165, 1.54) is 0 Å². The Hall–Kier alpha value is -3.40. The Morgan fingerprint density at radius 3 is 2.40 bits per heavy atom. The number of carboxylic acids is 1. The zero-order valence-electron chi connectivity index (χ0n) is 13.3. The van der Waals surface area contributed by atoms with Gasteiger partial charge in [-0.1, -0.05) is 48.5 Å². The van der Waals surface area contributed by atoms with Crippen molar-refractivity contribution in [2.75, 3.05) is 0 Å². The summed E-state index contributed by atoms with van der Waals surface area (Å²) in [5, 5.41) is 10.9. The van der Waals surface area contributed by atoms with Crippen LogP contribution in [0.2, 0.25) is 0 Å². The summed E-state index contributed by atoms with van der Waals surface area (Å²) in [6, 6.07) is 22.5. The van der Waals surface area contributed by atoms with Gasteiger partial charge in [0.25, 0.3) is 0 Å². The van der Waals surface area contributed by atoms with Crippen molar-refractivity contribution in [1.82, 2.24) is 4.98 Å². The van der Waals surface area contributed by atoms with E-state index in [0.29, 0.717) is 34.2 Å². The predicted octanol–water partition coefficient (Wildman–Crippen LogP) is 4.67. The van der Waals surface area contributed by atoms with Crippen LogP contribution in [-0.2, 0) is 6.61 Å². The molecule has 4 nitrogen and oxygen atoms in total. The van der Waals surface area contributed by atoms with E-state index < -0.39 is 5.97 Å². The van der Waals surface area contributed by atoms with Crippen LogP contribution in [0.3, 0.4) is 0 Å². The van der Waals surface area contributed by atoms with Crippen molar-refractivity contribution >= 4 is 27.8 Å². The number of para-hydroxylation sites is 1. The third-order valence-electron chi connectivity index (χ3n) is 4.11. The molecule has 25 heavy (non-hydrogen) atoms. The number of aromatic carboxylic acids is 1. The topological polar surface area (TPSA) is 59.4 Å². The largest absolute Gasteiger partial charge is 0.489 e. The van der Waals surface area contributed by atoms with Crippen LogP contribution in [0, 0.1) is 0 Å². The molecule has 0 radical (unpaired) electrons. The molecule has 3 aromatic carbocycles. The number of nitrogens with zero attached hydrogens (tertiary/aromatic N) is 1. The molecule has 4 rings (SSSR count). The summed E-state index contributed by atoms with van der Waals surface area (Å²) in [5.41, 5.74) is 2.62. The van der Waals surface area contributed by atoms with E-state index >= 15 is 0 Å². The molecule has 0 amide bonds. The second-order valence-corrected chi connectivity index (χ2v) is 5.76. The minimum atomic E-state index is -0.969. The first-order chi connectivity index (χ1) is 12.2. The zero-order chi connectivity index (χ0) is 17.2. The lowest BCUT2D eigenvalue weighted by molar-refractivity contribution is 0.0701. The molecule has 1 aromatic heterocycles. The molecule has 0 saturated carbocycles. The monoisotopic (exact) mass is 329 g/mol. The van der Waals surface area contributed by atoms with Crippen molar-refractivity contribution in [2.45, 2.75) is 6.61 Å². The van der Waals surface area contributed by atoms with Crippen molar-refractivity contribution < 1.29 is 14.6 Å². The Morgan fingerprint density at radius 1 is 0.880 bits per heavy atom. The smallest absolute Gasteiger partial charge is 0.337 e. The molecule has 0 aliphatic rings. The first-order valence-electron chi connectivity index (χ1n) is 7.95. The molecule has 122 valence electrons. The Labute approximate surface area is 144 Å². The highest BCUT2D eigenvalue weighted by Gasteiger charge is 2.15. The number of hydrogen-bond donors (Lipinski definition) is 1. The summed E-state index contributed by atoms with van der Waals surface area (Å²) in [7, 11) is 0. The SMILES string of the molecule is O=C(O)c1c2ccccc2nc2ccc(OCc3ccccc3)cc12. The quantitative estimate of drug-likeness (QED) is 0.553. The number of carbonyl (C=O) groups is 1. The maximum Gasteiger partial charge on any atom is 0.337 e. The van der Waals surface area contributed by atoms with Gasteiger partial charge in [-0.05, 0) is 29.8 Å². The lowest BCUT2D eigenvalue weighted by Gasteiger charge is -2.10. The fourth-order valence-corrected chi connectivity index (χ4v) is 2.93.